The SMILES string of the molecule is CC/C=C\C/C=C\C/C=C\C/C=C\C/C=C\CCCCCCCCCCCCCCCCCCCCCC(=O)NC(CO)C(O)CCCCCCCCCCCCCCCCCCCCCC. The van der Waals surface area contributed by atoms with E-state index in [1.54, 1.807) is 0 Å². The first-order valence-electron chi connectivity index (χ1n) is 30.0. The van der Waals surface area contributed by atoms with Crippen LogP contribution >= 0.6 is 0 Å². The van der Waals surface area contributed by atoms with Crippen molar-refractivity contribution < 1.29 is 15.0 Å². The third-order valence-corrected chi connectivity index (χ3v) is 13.8. The summed E-state index contributed by atoms with van der Waals surface area (Å²) >= 11 is 0. The largest absolute Gasteiger partial charge is 0.394 e. The smallest absolute Gasteiger partial charge is 0.220 e. The molecule has 2 unspecified atom stereocenters. The molecule has 4 heteroatoms. The van der Waals surface area contributed by atoms with Gasteiger partial charge in [-0.3, -0.25) is 4.79 Å². The topological polar surface area (TPSA) is 69.6 Å². The van der Waals surface area contributed by atoms with Crippen molar-refractivity contribution in [1.29, 1.82) is 0 Å². The van der Waals surface area contributed by atoms with Crippen molar-refractivity contribution in [3.63, 3.8) is 0 Å². The zero-order valence-electron chi connectivity index (χ0n) is 45.2. The summed E-state index contributed by atoms with van der Waals surface area (Å²) in [4.78, 5) is 12.5. The second-order valence-electron chi connectivity index (χ2n) is 20.4. The highest BCUT2D eigenvalue weighted by atomic mass is 16.3. The molecule has 0 aromatic carbocycles. The normalized spacial score (nSPS) is 13.2. The number of hydrogen-bond donors (Lipinski definition) is 3. The molecule has 0 aliphatic heterocycles. The van der Waals surface area contributed by atoms with Gasteiger partial charge in [-0.25, -0.2) is 0 Å². The number of aliphatic hydroxyl groups excluding tert-OH is 2. The fourth-order valence-corrected chi connectivity index (χ4v) is 9.27. The minimum Gasteiger partial charge on any atom is -0.394 e. The molecule has 0 heterocycles. The summed E-state index contributed by atoms with van der Waals surface area (Å²) in [6.45, 7) is 4.27. The number of unbranched alkanes of at least 4 members (excludes halogenated alkanes) is 38. The number of carbonyl (C=O) groups excluding carboxylic acids is 1. The minimum absolute atomic E-state index is 0.0268. The first-order chi connectivity index (χ1) is 33.2. The van der Waals surface area contributed by atoms with Crippen LogP contribution in [0.15, 0.2) is 60.8 Å². The first kappa shape index (κ1) is 65.1. The van der Waals surface area contributed by atoms with Crippen LogP contribution in [0.3, 0.4) is 0 Å². The van der Waals surface area contributed by atoms with E-state index >= 15 is 0 Å². The van der Waals surface area contributed by atoms with E-state index in [1.807, 2.05) is 0 Å². The predicted molar refractivity (Wildman–Crippen MR) is 299 cm³/mol. The number of hydrogen-bond acceptors (Lipinski definition) is 3. The van der Waals surface area contributed by atoms with Crippen molar-refractivity contribution >= 4 is 5.91 Å². The fourth-order valence-electron chi connectivity index (χ4n) is 9.27. The second kappa shape index (κ2) is 58.4. The summed E-state index contributed by atoms with van der Waals surface area (Å²) in [5.74, 6) is -0.0268. The summed E-state index contributed by atoms with van der Waals surface area (Å²) in [6, 6.07) is -0.537. The molecule has 67 heavy (non-hydrogen) atoms. The predicted octanol–water partition coefficient (Wildman–Crippen LogP) is 20.0. The van der Waals surface area contributed by atoms with Gasteiger partial charge in [-0.15, -0.1) is 0 Å². The molecular weight excluding hydrogens is 819 g/mol. The van der Waals surface area contributed by atoms with E-state index in [1.165, 1.54) is 231 Å². The molecule has 0 spiro atoms. The van der Waals surface area contributed by atoms with Crippen molar-refractivity contribution in [3.8, 4) is 0 Å². The van der Waals surface area contributed by atoms with Crippen molar-refractivity contribution in [2.45, 2.75) is 328 Å². The van der Waals surface area contributed by atoms with Crippen LogP contribution in [0.4, 0.5) is 0 Å². The van der Waals surface area contributed by atoms with Crippen LogP contribution in [-0.2, 0) is 4.79 Å². The maximum absolute atomic E-state index is 12.5. The lowest BCUT2D eigenvalue weighted by Crippen LogP contribution is -2.45. The van der Waals surface area contributed by atoms with E-state index in [-0.39, 0.29) is 12.5 Å². The van der Waals surface area contributed by atoms with Crippen LogP contribution in [0.2, 0.25) is 0 Å². The second-order valence-corrected chi connectivity index (χ2v) is 20.4. The fraction of sp³-hybridized carbons (Fsp3) is 0.825. The molecule has 0 fully saturated rings. The summed E-state index contributed by atoms with van der Waals surface area (Å²) in [5.41, 5.74) is 0. The highest BCUT2D eigenvalue weighted by molar-refractivity contribution is 5.76. The van der Waals surface area contributed by atoms with Crippen LogP contribution in [0, 0.1) is 0 Å². The molecular formula is C63H117NO3. The van der Waals surface area contributed by atoms with Gasteiger partial charge in [0.25, 0.3) is 0 Å². The van der Waals surface area contributed by atoms with Gasteiger partial charge in [-0.05, 0) is 57.8 Å². The number of carbonyl (C=O) groups is 1. The molecule has 392 valence electrons. The molecule has 0 rings (SSSR count). The Morgan fingerprint density at radius 1 is 0.373 bits per heavy atom. The lowest BCUT2D eigenvalue weighted by molar-refractivity contribution is -0.123. The van der Waals surface area contributed by atoms with Gasteiger partial charge in [0.1, 0.15) is 0 Å². The Kier molecular flexibility index (Phi) is 56.7. The van der Waals surface area contributed by atoms with E-state index < -0.39 is 12.1 Å². The van der Waals surface area contributed by atoms with E-state index in [0.29, 0.717) is 12.8 Å². The van der Waals surface area contributed by atoms with Crippen molar-refractivity contribution in [2.24, 2.45) is 0 Å². The maximum Gasteiger partial charge on any atom is 0.220 e. The third-order valence-electron chi connectivity index (χ3n) is 13.8. The summed E-state index contributed by atoms with van der Waals surface area (Å²) < 4.78 is 0. The van der Waals surface area contributed by atoms with Gasteiger partial charge in [0.2, 0.25) is 5.91 Å². The van der Waals surface area contributed by atoms with Crippen molar-refractivity contribution in [3.05, 3.63) is 60.8 Å². The van der Waals surface area contributed by atoms with Gasteiger partial charge in [0.05, 0.1) is 18.8 Å². The molecule has 0 saturated heterocycles. The Morgan fingerprint density at radius 2 is 0.657 bits per heavy atom. The Balaban J connectivity index is 3.43. The van der Waals surface area contributed by atoms with Crippen molar-refractivity contribution in [2.75, 3.05) is 6.61 Å². The Morgan fingerprint density at radius 3 is 0.985 bits per heavy atom. The van der Waals surface area contributed by atoms with Crippen LogP contribution in [-0.4, -0.2) is 34.9 Å². The number of rotatable bonds is 55. The summed E-state index contributed by atoms with van der Waals surface area (Å²) in [7, 11) is 0. The van der Waals surface area contributed by atoms with Gasteiger partial charge in [-0.2, -0.15) is 0 Å². The highest BCUT2D eigenvalue weighted by Crippen LogP contribution is 2.18. The molecule has 0 saturated carbocycles. The Hall–Kier alpha value is -1.91. The third kappa shape index (κ3) is 54.9. The molecule has 0 aromatic rings. The lowest BCUT2D eigenvalue weighted by atomic mass is 10.0. The van der Waals surface area contributed by atoms with E-state index in [9.17, 15) is 15.0 Å². The average molecular weight is 937 g/mol. The van der Waals surface area contributed by atoms with Crippen LogP contribution < -0.4 is 5.32 Å². The molecule has 0 aliphatic rings. The number of amides is 1. The quantitative estimate of drug-likeness (QED) is 0.0420. The maximum atomic E-state index is 12.5. The van der Waals surface area contributed by atoms with E-state index in [2.05, 4.69) is 79.9 Å². The average Bonchev–Trinajstić information content (AvgIpc) is 3.33. The molecule has 1 amide bonds. The highest BCUT2D eigenvalue weighted by Gasteiger charge is 2.20. The zero-order valence-corrected chi connectivity index (χ0v) is 45.2. The van der Waals surface area contributed by atoms with Crippen LogP contribution in [0.1, 0.15) is 316 Å². The summed E-state index contributed by atoms with van der Waals surface area (Å²) in [5, 5.41) is 23.4. The molecule has 4 nitrogen and oxygen atoms in total. The lowest BCUT2D eigenvalue weighted by Gasteiger charge is -2.22. The monoisotopic (exact) mass is 936 g/mol. The van der Waals surface area contributed by atoms with E-state index in [4.69, 9.17) is 0 Å². The van der Waals surface area contributed by atoms with Gasteiger partial charge in [0, 0.05) is 6.42 Å². The van der Waals surface area contributed by atoms with Crippen molar-refractivity contribution in [1.82, 2.24) is 5.32 Å². The van der Waals surface area contributed by atoms with Gasteiger partial charge < -0.3 is 15.5 Å². The van der Waals surface area contributed by atoms with Gasteiger partial charge in [-0.1, -0.05) is 312 Å². The Labute approximate surface area is 419 Å². The summed E-state index contributed by atoms with van der Waals surface area (Å²) in [6.07, 6.45) is 82.2. The van der Waals surface area contributed by atoms with Crippen LogP contribution in [0.25, 0.3) is 0 Å². The molecule has 0 aromatic heterocycles. The standard InChI is InChI=1S/C63H117NO3/c1-3-5-7-9-11-13-15-17-19-21-23-25-26-27-28-29-30-31-32-33-34-35-36-37-38-39-41-43-45-47-49-51-53-55-57-59-63(67)64-61(60-65)62(66)58-56-54-52-50-48-46-44-42-40-24-22-20-18-16-14-12-10-8-6-4-2/h5,7,11,13,17,19,23,25,27-28,61-62,65-66H,3-4,6,8-10,12,14-16,18,20-22,24,26,29-60H2,1-2H3,(H,64,67)/b7-5-,13-11-,19-17-,25-23-,28-27-. The minimum atomic E-state index is -0.660. The first-order valence-corrected chi connectivity index (χ1v) is 30.0. The molecule has 2 atom stereocenters. The van der Waals surface area contributed by atoms with E-state index in [0.717, 1.165) is 57.8 Å². The molecule has 0 aliphatic carbocycles. The molecule has 3 N–H and O–H groups in total. The number of allylic oxidation sites excluding steroid dienone is 10. The van der Waals surface area contributed by atoms with Gasteiger partial charge in [0.15, 0.2) is 0 Å². The zero-order chi connectivity index (χ0) is 48.5. The Bertz CT molecular complexity index is 1110. The van der Waals surface area contributed by atoms with Crippen LogP contribution in [0.5, 0.6) is 0 Å². The molecule has 0 bridgehead atoms. The number of nitrogens with one attached hydrogen (secondary N) is 1. The molecule has 0 radical (unpaired) electrons. The van der Waals surface area contributed by atoms with Gasteiger partial charge >= 0.3 is 0 Å². The number of aliphatic hydroxyl groups is 2.